The topological polar surface area (TPSA) is 15.3 Å². The maximum Gasteiger partial charge on any atom is 0.0366 e. The molecule has 1 radical (unpaired) electrons. The molecule has 0 aliphatic carbocycles. The van der Waals surface area contributed by atoms with E-state index in [1.165, 1.54) is 63.8 Å². The highest BCUT2D eigenvalue weighted by molar-refractivity contribution is 5.46. The van der Waals surface area contributed by atoms with Crippen molar-refractivity contribution in [3.05, 3.63) is 30.3 Å². The van der Waals surface area contributed by atoms with Gasteiger partial charge in [0, 0.05) is 24.8 Å². The van der Waals surface area contributed by atoms with E-state index in [1.54, 1.807) is 0 Å². The number of hydrogen-bond donors (Lipinski definition) is 1. The largest absolute Gasteiger partial charge is 0.371 e. The van der Waals surface area contributed by atoms with E-state index in [0.29, 0.717) is 0 Å². The van der Waals surface area contributed by atoms with Crippen LogP contribution in [0, 0.1) is 6.07 Å². The number of unbranched alkanes of at least 4 members (excludes halogenated alkanes) is 3. The summed E-state index contributed by atoms with van der Waals surface area (Å²) >= 11 is 0. The lowest BCUT2D eigenvalue weighted by Crippen LogP contribution is -2.42. The minimum Gasteiger partial charge on any atom is -0.371 e. The summed E-state index contributed by atoms with van der Waals surface area (Å²) in [5.41, 5.74) is 1.35. The van der Waals surface area contributed by atoms with Crippen LogP contribution in [0.4, 0.5) is 5.69 Å². The van der Waals surface area contributed by atoms with Gasteiger partial charge in [-0.3, -0.25) is 0 Å². The van der Waals surface area contributed by atoms with Crippen LogP contribution in [0.3, 0.4) is 0 Å². The summed E-state index contributed by atoms with van der Waals surface area (Å²) in [4.78, 5) is 2.49. The van der Waals surface area contributed by atoms with E-state index in [1.807, 2.05) is 12.1 Å². The Morgan fingerprint density at radius 2 is 1.89 bits per heavy atom. The fourth-order valence-electron chi connectivity index (χ4n) is 2.79. The molecule has 0 atom stereocenters. The first-order valence-corrected chi connectivity index (χ1v) is 7.84. The van der Waals surface area contributed by atoms with E-state index in [4.69, 9.17) is 0 Å². The smallest absolute Gasteiger partial charge is 0.0366 e. The minimum absolute atomic E-state index is 0.730. The van der Waals surface area contributed by atoms with Gasteiger partial charge in [0.2, 0.25) is 0 Å². The second kappa shape index (κ2) is 8.21. The molecule has 0 aromatic heterocycles. The molecule has 2 heteroatoms. The molecule has 0 bridgehead atoms. The van der Waals surface area contributed by atoms with Crippen LogP contribution in [-0.4, -0.2) is 25.7 Å². The molecule has 0 spiro atoms. The number of piperidine rings is 1. The molecular formula is C17H27N2. The number of anilines is 1. The summed E-state index contributed by atoms with van der Waals surface area (Å²) < 4.78 is 0. The van der Waals surface area contributed by atoms with Gasteiger partial charge in [0.25, 0.3) is 0 Å². The second-order valence-corrected chi connectivity index (χ2v) is 5.53. The van der Waals surface area contributed by atoms with Gasteiger partial charge in [0.1, 0.15) is 0 Å². The van der Waals surface area contributed by atoms with Crippen LogP contribution in [-0.2, 0) is 0 Å². The molecule has 1 aromatic carbocycles. The minimum atomic E-state index is 0.730. The number of rotatable bonds is 7. The molecule has 1 aliphatic heterocycles. The number of benzene rings is 1. The van der Waals surface area contributed by atoms with Gasteiger partial charge in [-0.25, -0.2) is 0 Å². The van der Waals surface area contributed by atoms with Crippen LogP contribution in [0.2, 0.25) is 0 Å². The quantitative estimate of drug-likeness (QED) is 0.752. The standard InChI is InChI=1S/C17H27N2/c1-2-3-4-8-13-18-16-11-14-19(15-12-16)17-9-6-5-7-10-17/h6-7,9-10,16,18H,2-4,8,11-15H2,1H3. The van der Waals surface area contributed by atoms with Crippen LogP contribution in [0.15, 0.2) is 24.3 Å². The van der Waals surface area contributed by atoms with Crippen molar-refractivity contribution in [1.29, 1.82) is 0 Å². The molecule has 19 heavy (non-hydrogen) atoms. The van der Waals surface area contributed by atoms with Crippen molar-refractivity contribution in [3.63, 3.8) is 0 Å². The van der Waals surface area contributed by atoms with Crippen molar-refractivity contribution in [3.8, 4) is 0 Å². The molecule has 1 N–H and O–H groups in total. The lowest BCUT2D eigenvalue weighted by molar-refractivity contribution is 0.409. The van der Waals surface area contributed by atoms with Gasteiger partial charge in [0.15, 0.2) is 0 Å². The average Bonchev–Trinajstić information content (AvgIpc) is 2.49. The molecule has 1 saturated heterocycles. The van der Waals surface area contributed by atoms with Gasteiger partial charge < -0.3 is 10.2 Å². The Bertz CT molecular complexity index is 328. The molecule has 2 rings (SSSR count). The van der Waals surface area contributed by atoms with Crippen LogP contribution < -0.4 is 10.2 Å². The van der Waals surface area contributed by atoms with Crippen LogP contribution in [0.25, 0.3) is 0 Å². The lowest BCUT2D eigenvalue weighted by atomic mass is 10.0. The summed E-state index contributed by atoms with van der Waals surface area (Å²) in [7, 11) is 0. The second-order valence-electron chi connectivity index (χ2n) is 5.53. The van der Waals surface area contributed by atoms with Crippen molar-refractivity contribution in [1.82, 2.24) is 5.32 Å². The molecule has 2 nitrogen and oxygen atoms in total. The monoisotopic (exact) mass is 259 g/mol. The van der Waals surface area contributed by atoms with Crippen molar-refractivity contribution >= 4 is 5.69 Å². The summed E-state index contributed by atoms with van der Waals surface area (Å²) in [5.74, 6) is 0. The van der Waals surface area contributed by atoms with Gasteiger partial charge >= 0.3 is 0 Å². The highest BCUT2D eigenvalue weighted by atomic mass is 15.1. The van der Waals surface area contributed by atoms with E-state index in [-0.39, 0.29) is 0 Å². The third-order valence-electron chi connectivity index (χ3n) is 4.02. The number of hydrogen-bond acceptors (Lipinski definition) is 2. The van der Waals surface area contributed by atoms with Gasteiger partial charge in [-0.15, -0.1) is 0 Å². The van der Waals surface area contributed by atoms with Gasteiger partial charge in [-0.05, 0) is 44.0 Å². The fraction of sp³-hybridized carbons (Fsp3) is 0.647. The maximum atomic E-state index is 3.72. The molecule has 0 saturated carbocycles. The molecule has 0 unspecified atom stereocenters. The Hall–Kier alpha value is -1.02. The maximum absolute atomic E-state index is 3.72. The van der Waals surface area contributed by atoms with E-state index in [9.17, 15) is 0 Å². The highest BCUT2D eigenvalue weighted by Crippen LogP contribution is 2.19. The molecule has 0 amide bonds. The zero-order valence-corrected chi connectivity index (χ0v) is 12.2. The van der Waals surface area contributed by atoms with Crippen molar-refractivity contribution in [2.24, 2.45) is 0 Å². The summed E-state index contributed by atoms with van der Waals surface area (Å²) in [6.45, 7) is 5.82. The van der Waals surface area contributed by atoms with Crippen molar-refractivity contribution in [2.75, 3.05) is 24.5 Å². The average molecular weight is 259 g/mol. The first-order chi connectivity index (χ1) is 9.40. The van der Waals surface area contributed by atoms with Crippen LogP contribution in [0.5, 0.6) is 0 Å². The SMILES string of the molecule is CCCCCCNC1CCN(c2cc[c]cc2)CC1. The van der Waals surface area contributed by atoms with E-state index >= 15 is 0 Å². The van der Waals surface area contributed by atoms with E-state index in [0.717, 1.165) is 6.04 Å². The number of nitrogens with one attached hydrogen (secondary N) is 1. The predicted molar refractivity (Wildman–Crippen MR) is 82.7 cm³/mol. The molecule has 1 aliphatic rings. The number of nitrogens with zero attached hydrogens (tertiary/aromatic N) is 1. The van der Waals surface area contributed by atoms with Gasteiger partial charge in [0.05, 0.1) is 0 Å². The van der Waals surface area contributed by atoms with E-state index in [2.05, 4.69) is 35.3 Å². The van der Waals surface area contributed by atoms with Gasteiger partial charge in [-0.1, -0.05) is 38.3 Å². The molecule has 105 valence electrons. The molecule has 1 heterocycles. The Morgan fingerprint density at radius 1 is 1.16 bits per heavy atom. The first kappa shape index (κ1) is 14.4. The summed E-state index contributed by atoms with van der Waals surface area (Å²) in [5, 5.41) is 3.72. The van der Waals surface area contributed by atoms with Crippen molar-refractivity contribution in [2.45, 2.75) is 51.5 Å². The third-order valence-corrected chi connectivity index (χ3v) is 4.02. The van der Waals surface area contributed by atoms with Gasteiger partial charge in [-0.2, -0.15) is 0 Å². The first-order valence-electron chi connectivity index (χ1n) is 7.84. The summed E-state index contributed by atoms with van der Waals surface area (Å²) in [6, 6.07) is 12.2. The molecule has 1 aromatic rings. The predicted octanol–water partition coefficient (Wildman–Crippen LogP) is 3.63. The van der Waals surface area contributed by atoms with Crippen molar-refractivity contribution < 1.29 is 0 Å². The Kier molecular flexibility index (Phi) is 6.22. The van der Waals surface area contributed by atoms with E-state index < -0.39 is 0 Å². The molecular weight excluding hydrogens is 232 g/mol. The zero-order chi connectivity index (χ0) is 13.3. The normalized spacial score (nSPS) is 16.8. The Balaban J connectivity index is 1.63. The Morgan fingerprint density at radius 3 is 2.58 bits per heavy atom. The van der Waals surface area contributed by atoms with Crippen LogP contribution in [0.1, 0.15) is 45.4 Å². The Labute approximate surface area is 118 Å². The third kappa shape index (κ3) is 4.87. The van der Waals surface area contributed by atoms with Crippen LogP contribution >= 0.6 is 0 Å². The zero-order valence-electron chi connectivity index (χ0n) is 12.2. The highest BCUT2D eigenvalue weighted by Gasteiger charge is 2.18. The fourth-order valence-corrected chi connectivity index (χ4v) is 2.79. The molecule has 1 fully saturated rings. The summed E-state index contributed by atoms with van der Waals surface area (Å²) in [6.07, 6.45) is 7.96. The lowest BCUT2D eigenvalue weighted by Gasteiger charge is -2.34.